The third-order valence-corrected chi connectivity index (χ3v) is 2.69. The average Bonchev–Trinajstić information content (AvgIpc) is 2.74. The maximum absolute atomic E-state index is 13.3. The molecule has 15 heavy (non-hydrogen) atoms. The van der Waals surface area contributed by atoms with Crippen LogP contribution in [0.25, 0.3) is 0 Å². The van der Waals surface area contributed by atoms with Gasteiger partial charge in [0.1, 0.15) is 5.82 Å². The Balaban J connectivity index is 2.13. The molecule has 2 rings (SSSR count). The minimum absolute atomic E-state index is 0.207. The quantitative estimate of drug-likeness (QED) is 0.796. The number of benzene rings is 1. The summed E-state index contributed by atoms with van der Waals surface area (Å²) in [5.74, 6) is -0.207. The molecule has 0 atom stereocenters. The molecule has 0 aliphatic heterocycles. The normalized spacial score (nSPS) is 10.3. The summed E-state index contributed by atoms with van der Waals surface area (Å²) in [4.78, 5) is 1.81. The van der Waals surface area contributed by atoms with Gasteiger partial charge in [0.15, 0.2) is 0 Å². The van der Waals surface area contributed by atoms with Crippen molar-refractivity contribution in [3.05, 3.63) is 35.6 Å². The lowest BCUT2D eigenvalue weighted by molar-refractivity contribution is 0.607. The molecular weight excluding hydrogens is 215 g/mol. The molecule has 0 unspecified atom stereocenters. The third kappa shape index (κ3) is 2.27. The Kier molecular flexibility index (Phi) is 2.86. The lowest BCUT2D eigenvalue weighted by Gasteiger charge is -2.14. The maximum Gasteiger partial charge on any atom is 0.227 e. The summed E-state index contributed by atoms with van der Waals surface area (Å²) >= 11 is 1.19. The molecule has 2 aromatic rings. The first-order valence-electron chi connectivity index (χ1n) is 4.37. The Morgan fingerprint density at radius 2 is 2.20 bits per heavy atom. The molecule has 0 fully saturated rings. The molecule has 0 N–H and O–H groups in total. The number of halogens is 1. The van der Waals surface area contributed by atoms with Crippen LogP contribution in [0.2, 0.25) is 0 Å². The highest BCUT2D eigenvalue weighted by Gasteiger charge is 2.08. The second-order valence-electron chi connectivity index (χ2n) is 3.09. The molecule has 0 saturated heterocycles. The molecule has 6 heteroatoms. The van der Waals surface area contributed by atoms with E-state index in [1.165, 1.54) is 17.6 Å². The molecule has 0 amide bonds. The Morgan fingerprint density at radius 1 is 1.40 bits per heavy atom. The van der Waals surface area contributed by atoms with Crippen molar-refractivity contribution in [2.75, 3.05) is 11.9 Å². The van der Waals surface area contributed by atoms with Crippen LogP contribution in [0, 0.1) is 5.82 Å². The molecule has 1 aromatic heterocycles. The first-order chi connectivity index (χ1) is 7.27. The van der Waals surface area contributed by atoms with Gasteiger partial charge in [0.2, 0.25) is 5.13 Å². The van der Waals surface area contributed by atoms with E-state index in [2.05, 4.69) is 14.8 Å². The molecule has 0 aliphatic rings. The van der Waals surface area contributed by atoms with E-state index >= 15 is 0 Å². The third-order valence-electron chi connectivity index (χ3n) is 1.98. The molecule has 1 heterocycles. The summed E-state index contributed by atoms with van der Waals surface area (Å²) in [7, 11) is 1.83. The highest BCUT2D eigenvalue weighted by Crippen LogP contribution is 2.16. The van der Waals surface area contributed by atoms with E-state index in [0.29, 0.717) is 17.2 Å². The predicted molar refractivity (Wildman–Crippen MR) is 56.2 cm³/mol. The van der Waals surface area contributed by atoms with Crippen LogP contribution in [0.3, 0.4) is 0 Å². The molecular formula is C9H9FN4S. The zero-order chi connectivity index (χ0) is 10.7. The number of hydrogen-bond acceptors (Lipinski definition) is 5. The summed E-state index contributed by atoms with van der Waals surface area (Å²) < 4.78 is 17.0. The van der Waals surface area contributed by atoms with Gasteiger partial charge in [-0.1, -0.05) is 27.8 Å². The van der Waals surface area contributed by atoms with Crippen LogP contribution >= 0.6 is 11.5 Å². The summed E-state index contributed by atoms with van der Waals surface area (Å²) in [6, 6.07) is 6.68. The fourth-order valence-electron chi connectivity index (χ4n) is 1.23. The number of hydrogen-bond donors (Lipinski definition) is 0. The van der Waals surface area contributed by atoms with E-state index < -0.39 is 0 Å². The van der Waals surface area contributed by atoms with Crippen molar-refractivity contribution < 1.29 is 4.39 Å². The van der Waals surface area contributed by atoms with Crippen molar-refractivity contribution in [3.8, 4) is 0 Å². The number of rotatable bonds is 3. The topological polar surface area (TPSA) is 41.9 Å². The van der Waals surface area contributed by atoms with Gasteiger partial charge in [-0.2, -0.15) is 0 Å². The van der Waals surface area contributed by atoms with Gasteiger partial charge >= 0.3 is 0 Å². The summed E-state index contributed by atoms with van der Waals surface area (Å²) in [6.07, 6.45) is 0. The smallest absolute Gasteiger partial charge is 0.227 e. The van der Waals surface area contributed by atoms with Crippen molar-refractivity contribution in [2.24, 2.45) is 0 Å². The van der Waals surface area contributed by atoms with E-state index in [0.717, 1.165) is 0 Å². The first-order valence-corrected chi connectivity index (χ1v) is 5.14. The predicted octanol–water partition coefficient (Wildman–Crippen LogP) is 1.71. The molecule has 0 bridgehead atoms. The molecule has 0 spiro atoms. The van der Waals surface area contributed by atoms with Crippen molar-refractivity contribution in [1.29, 1.82) is 0 Å². The van der Waals surface area contributed by atoms with E-state index in [1.54, 1.807) is 12.1 Å². The van der Waals surface area contributed by atoms with Crippen LogP contribution in [0.5, 0.6) is 0 Å². The lowest BCUT2D eigenvalue weighted by atomic mass is 10.2. The second-order valence-corrected chi connectivity index (χ2v) is 3.80. The fraction of sp³-hybridized carbons (Fsp3) is 0.222. The molecule has 4 nitrogen and oxygen atoms in total. The van der Waals surface area contributed by atoms with E-state index in [4.69, 9.17) is 0 Å². The number of anilines is 1. The molecule has 0 aliphatic carbocycles. The summed E-state index contributed by atoms with van der Waals surface area (Å²) in [5, 5.41) is 7.97. The minimum Gasteiger partial charge on any atom is -0.344 e. The second kappa shape index (κ2) is 4.31. The molecule has 1 aromatic carbocycles. The van der Waals surface area contributed by atoms with E-state index in [9.17, 15) is 4.39 Å². The number of aromatic nitrogens is 3. The zero-order valence-electron chi connectivity index (χ0n) is 8.09. The van der Waals surface area contributed by atoms with Crippen molar-refractivity contribution >= 4 is 16.7 Å². The van der Waals surface area contributed by atoms with Crippen LogP contribution in [-0.4, -0.2) is 21.8 Å². The first kappa shape index (κ1) is 9.97. The SMILES string of the molecule is CN(Cc1ccccc1F)c1nnns1. The Morgan fingerprint density at radius 3 is 2.87 bits per heavy atom. The van der Waals surface area contributed by atoms with E-state index in [-0.39, 0.29) is 5.82 Å². The van der Waals surface area contributed by atoms with Gasteiger partial charge in [0, 0.05) is 30.7 Å². The molecule has 0 radical (unpaired) electrons. The minimum atomic E-state index is -0.207. The van der Waals surface area contributed by atoms with Gasteiger partial charge in [0.05, 0.1) is 0 Å². The summed E-state index contributed by atoms with van der Waals surface area (Å²) in [6.45, 7) is 0.462. The Labute approximate surface area is 90.5 Å². The summed E-state index contributed by atoms with van der Waals surface area (Å²) in [5.41, 5.74) is 0.634. The van der Waals surface area contributed by atoms with Crippen LogP contribution in [0.1, 0.15) is 5.56 Å². The van der Waals surface area contributed by atoms with Crippen molar-refractivity contribution in [1.82, 2.24) is 14.8 Å². The average molecular weight is 224 g/mol. The monoisotopic (exact) mass is 224 g/mol. The maximum atomic E-state index is 13.3. The standard InChI is InChI=1S/C9H9FN4S/c1-14(9-11-12-13-15-9)6-7-4-2-3-5-8(7)10/h2-5H,6H2,1H3. The number of nitrogens with zero attached hydrogens (tertiary/aromatic N) is 4. The largest absolute Gasteiger partial charge is 0.344 e. The molecule has 0 saturated carbocycles. The van der Waals surface area contributed by atoms with Crippen molar-refractivity contribution in [2.45, 2.75) is 6.54 Å². The van der Waals surface area contributed by atoms with Gasteiger partial charge in [-0.05, 0) is 11.3 Å². The van der Waals surface area contributed by atoms with Crippen LogP contribution in [0.15, 0.2) is 24.3 Å². The highest BCUT2D eigenvalue weighted by molar-refractivity contribution is 7.09. The van der Waals surface area contributed by atoms with Crippen LogP contribution in [0.4, 0.5) is 9.52 Å². The van der Waals surface area contributed by atoms with Gasteiger partial charge in [-0.3, -0.25) is 0 Å². The van der Waals surface area contributed by atoms with Gasteiger partial charge < -0.3 is 4.90 Å². The molecule has 78 valence electrons. The van der Waals surface area contributed by atoms with Crippen LogP contribution < -0.4 is 4.90 Å². The van der Waals surface area contributed by atoms with Crippen LogP contribution in [-0.2, 0) is 6.54 Å². The lowest BCUT2D eigenvalue weighted by Crippen LogP contribution is -2.16. The van der Waals surface area contributed by atoms with Gasteiger partial charge in [-0.15, -0.1) is 0 Å². The van der Waals surface area contributed by atoms with E-state index in [1.807, 2.05) is 18.0 Å². The van der Waals surface area contributed by atoms with Gasteiger partial charge in [-0.25, -0.2) is 4.39 Å². The highest BCUT2D eigenvalue weighted by atomic mass is 32.1. The fourth-order valence-corrected chi connectivity index (χ4v) is 1.65. The Bertz CT molecular complexity index is 431. The van der Waals surface area contributed by atoms with Crippen molar-refractivity contribution in [3.63, 3.8) is 0 Å². The van der Waals surface area contributed by atoms with Gasteiger partial charge in [0.25, 0.3) is 0 Å². The zero-order valence-corrected chi connectivity index (χ0v) is 8.91. The Hall–Kier alpha value is -1.56.